The van der Waals surface area contributed by atoms with Crippen LogP contribution in [-0.2, 0) is 6.61 Å². The zero-order valence-electron chi connectivity index (χ0n) is 13.1. The molecule has 1 atom stereocenters. The molecule has 1 aliphatic rings. The zero-order chi connectivity index (χ0) is 15.4. The average molecular weight is 296 g/mol. The minimum absolute atomic E-state index is 0.0883. The topological polar surface area (TPSA) is 35.5 Å². The Morgan fingerprint density at radius 3 is 2.64 bits per heavy atom. The van der Waals surface area contributed by atoms with Gasteiger partial charge in [-0.3, -0.25) is 0 Å². The van der Waals surface area contributed by atoms with Crippen molar-refractivity contribution in [2.75, 3.05) is 23.3 Å². The summed E-state index contributed by atoms with van der Waals surface area (Å²) >= 11 is 0. The molecule has 1 unspecified atom stereocenters. The molecule has 2 aromatic rings. The second-order valence-electron chi connectivity index (χ2n) is 6.01. The van der Waals surface area contributed by atoms with Crippen molar-refractivity contribution >= 4 is 11.4 Å². The van der Waals surface area contributed by atoms with Crippen molar-refractivity contribution in [3.05, 3.63) is 59.7 Å². The van der Waals surface area contributed by atoms with Crippen molar-refractivity contribution in [2.24, 2.45) is 0 Å². The standard InChI is InChI=1S/C19H24N2O/c1-15(17-7-4-6-16(12-17)14-22)20-18-8-5-9-19(13-18)21-10-2-3-11-21/h4-9,12-13,15,20,22H,2-3,10-11,14H2,1H3. The lowest BCUT2D eigenvalue weighted by atomic mass is 10.1. The summed E-state index contributed by atoms with van der Waals surface area (Å²) in [6.07, 6.45) is 2.59. The second-order valence-corrected chi connectivity index (χ2v) is 6.01. The van der Waals surface area contributed by atoms with Crippen LogP contribution in [0.3, 0.4) is 0 Å². The van der Waals surface area contributed by atoms with E-state index < -0.39 is 0 Å². The normalized spacial score (nSPS) is 15.8. The summed E-state index contributed by atoms with van der Waals surface area (Å²) in [5, 5.41) is 12.8. The molecule has 2 aromatic carbocycles. The summed E-state index contributed by atoms with van der Waals surface area (Å²) in [5.41, 5.74) is 4.60. The number of hydrogen-bond donors (Lipinski definition) is 2. The third kappa shape index (κ3) is 3.42. The van der Waals surface area contributed by atoms with E-state index in [9.17, 15) is 5.11 Å². The molecule has 1 fully saturated rings. The van der Waals surface area contributed by atoms with E-state index in [1.54, 1.807) is 0 Å². The van der Waals surface area contributed by atoms with E-state index in [1.807, 2.05) is 12.1 Å². The molecule has 3 nitrogen and oxygen atoms in total. The SMILES string of the molecule is CC(Nc1cccc(N2CCCC2)c1)c1cccc(CO)c1. The molecule has 1 saturated heterocycles. The molecule has 0 radical (unpaired) electrons. The molecular weight excluding hydrogens is 272 g/mol. The third-order valence-corrected chi connectivity index (χ3v) is 4.33. The van der Waals surface area contributed by atoms with Crippen LogP contribution in [0, 0.1) is 0 Å². The molecule has 0 bridgehead atoms. The van der Waals surface area contributed by atoms with E-state index in [2.05, 4.69) is 53.5 Å². The minimum Gasteiger partial charge on any atom is -0.392 e. The maximum atomic E-state index is 9.27. The molecule has 0 aliphatic carbocycles. The maximum absolute atomic E-state index is 9.27. The Hall–Kier alpha value is -2.00. The Balaban J connectivity index is 1.73. The van der Waals surface area contributed by atoms with Gasteiger partial charge in [-0.15, -0.1) is 0 Å². The molecule has 0 aromatic heterocycles. The predicted molar refractivity (Wildman–Crippen MR) is 92.3 cm³/mol. The summed E-state index contributed by atoms with van der Waals surface area (Å²) < 4.78 is 0. The number of benzene rings is 2. The first kappa shape index (κ1) is 14.9. The van der Waals surface area contributed by atoms with E-state index in [1.165, 1.54) is 24.1 Å². The second kappa shape index (κ2) is 6.84. The lowest BCUT2D eigenvalue weighted by Crippen LogP contribution is -2.17. The van der Waals surface area contributed by atoms with Gasteiger partial charge in [0.15, 0.2) is 0 Å². The van der Waals surface area contributed by atoms with Gasteiger partial charge in [-0.05, 0) is 49.1 Å². The number of hydrogen-bond acceptors (Lipinski definition) is 3. The fourth-order valence-electron chi connectivity index (χ4n) is 3.06. The largest absolute Gasteiger partial charge is 0.392 e. The monoisotopic (exact) mass is 296 g/mol. The molecule has 3 rings (SSSR count). The van der Waals surface area contributed by atoms with Gasteiger partial charge < -0.3 is 15.3 Å². The van der Waals surface area contributed by atoms with Gasteiger partial charge in [-0.1, -0.05) is 30.3 Å². The summed E-state index contributed by atoms with van der Waals surface area (Å²) in [5.74, 6) is 0. The third-order valence-electron chi connectivity index (χ3n) is 4.33. The first-order chi connectivity index (χ1) is 10.8. The molecule has 116 valence electrons. The predicted octanol–water partition coefficient (Wildman–Crippen LogP) is 3.95. The first-order valence-corrected chi connectivity index (χ1v) is 8.07. The van der Waals surface area contributed by atoms with Crippen molar-refractivity contribution in [3.63, 3.8) is 0 Å². The summed E-state index contributed by atoms with van der Waals surface area (Å²) in [4.78, 5) is 2.45. The highest BCUT2D eigenvalue weighted by Gasteiger charge is 2.13. The Morgan fingerprint density at radius 2 is 1.86 bits per heavy atom. The lowest BCUT2D eigenvalue weighted by molar-refractivity contribution is 0.281. The number of nitrogens with one attached hydrogen (secondary N) is 1. The van der Waals surface area contributed by atoms with Gasteiger partial charge in [-0.2, -0.15) is 0 Å². The van der Waals surface area contributed by atoms with E-state index in [-0.39, 0.29) is 12.6 Å². The number of rotatable bonds is 5. The molecule has 1 aliphatic heterocycles. The molecule has 22 heavy (non-hydrogen) atoms. The molecule has 0 amide bonds. The molecule has 0 spiro atoms. The first-order valence-electron chi connectivity index (χ1n) is 8.07. The fourth-order valence-corrected chi connectivity index (χ4v) is 3.06. The highest BCUT2D eigenvalue weighted by Crippen LogP contribution is 2.26. The molecule has 2 N–H and O–H groups in total. The van der Waals surface area contributed by atoms with Gasteiger partial charge >= 0.3 is 0 Å². The smallest absolute Gasteiger partial charge is 0.0681 e. The van der Waals surface area contributed by atoms with Gasteiger partial charge in [-0.25, -0.2) is 0 Å². The van der Waals surface area contributed by atoms with Crippen LogP contribution in [0.1, 0.15) is 36.9 Å². The van der Waals surface area contributed by atoms with Gasteiger partial charge in [0.25, 0.3) is 0 Å². The molecule has 0 saturated carbocycles. The summed E-state index contributed by atoms with van der Waals surface area (Å²) in [6.45, 7) is 4.57. The van der Waals surface area contributed by atoms with Gasteiger partial charge in [0.05, 0.1) is 6.61 Å². The van der Waals surface area contributed by atoms with Crippen LogP contribution >= 0.6 is 0 Å². The fraction of sp³-hybridized carbons (Fsp3) is 0.368. The minimum atomic E-state index is 0.0883. The van der Waals surface area contributed by atoms with E-state index in [0.717, 1.165) is 24.3 Å². The Labute approximate surface area is 132 Å². The van der Waals surface area contributed by atoms with E-state index in [0.29, 0.717) is 0 Å². The Morgan fingerprint density at radius 1 is 1.09 bits per heavy atom. The molecule has 1 heterocycles. The number of aliphatic hydroxyl groups is 1. The number of anilines is 2. The maximum Gasteiger partial charge on any atom is 0.0681 e. The molecule has 3 heteroatoms. The van der Waals surface area contributed by atoms with Gasteiger partial charge in [0.2, 0.25) is 0 Å². The van der Waals surface area contributed by atoms with E-state index >= 15 is 0 Å². The highest BCUT2D eigenvalue weighted by atomic mass is 16.3. The van der Waals surface area contributed by atoms with E-state index in [4.69, 9.17) is 0 Å². The van der Waals surface area contributed by atoms with Crippen LogP contribution in [-0.4, -0.2) is 18.2 Å². The van der Waals surface area contributed by atoms with Crippen molar-refractivity contribution in [1.29, 1.82) is 0 Å². The van der Waals surface area contributed by atoms with Crippen LogP contribution in [0.4, 0.5) is 11.4 Å². The van der Waals surface area contributed by atoms with Crippen molar-refractivity contribution in [2.45, 2.75) is 32.4 Å². The Bertz CT molecular complexity index is 620. The Kier molecular flexibility index (Phi) is 4.64. The van der Waals surface area contributed by atoms with Crippen LogP contribution in [0.25, 0.3) is 0 Å². The van der Waals surface area contributed by atoms with Crippen LogP contribution in [0.5, 0.6) is 0 Å². The van der Waals surface area contributed by atoms with Gasteiger partial charge in [0.1, 0.15) is 0 Å². The van der Waals surface area contributed by atoms with Crippen molar-refractivity contribution in [1.82, 2.24) is 0 Å². The number of nitrogens with zero attached hydrogens (tertiary/aromatic N) is 1. The summed E-state index contributed by atoms with van der Waals surface area (Å²) in [7, 11) is 0. The van der Waals surface area contributed by atoms with Gasteiger partial charge in [0, 0.05) is 30.5 Å². The van der Waals surface area contributed by atoms with Crippen molar-refractivity contribution < 1.29 is 5.11 Å². The lowest BCUT2D eigenvalue weighted by Gasteiger charge is -2.21. The highest BCUT2D eigenvalue weighted by molar-refractivity contribution is 5.59. The molecular formula is C19H24N2O. The van der Waals surface area contributed by atoms with Crippen molar-refractivity contribution in [3.8, 4) is 0 Å². The average Bonchev–Trinajstić information content (AvgIpc) is 3.10. The van der Waals surface area contributed by atoms with Crippen LogP contribution in [0.2, 0.25) is 0 Å². The summed E-state index contributed by atoms with van der Waals surface area (Å²) in [6, 6.07) is 17.0. The van der Waals surface area contributed by atoms with Crippen LogP contribution in [0.15, 0.2) is 48.5 Å². The van der Waals surface area contributed by atoms with Crippen LogP contribution < -0.4 is 10.2 Å². The number of aliphatic hydroxyl groups excluding tert-OH is 1. The quantitative estimate of drug-likeness (QED) is 0.877. The zero-order valence-corrected chi connectivity index (χ0v) is 13.1.